The summed E-state index contributed by atoms with van der Waals surface area (Å²) in [7, 11) is 0. The van der Waals surface area contributed by atoms with Crippen LogP contribution in [-0.2, 0) is 11.2 Å². The highest BCUT2D eigenvalue weighted by atomic mass is 16.6. The molecule has 1 aromatic heterocycles. The maximum atomic E-state index is 12.0. The Hall–Kier alpha value is -3.15. The number of carbonyl (C=O) groups is 1. The maximum absolute atomic E-state index is 12.0. The molecule has 0 aliphatic carbocycles. The third kappa shape index (κ3) is 2.95. The van der Waals surface area contributed by atoms with Gasteiger partial charge in [-0.25, -0.2) is 0 Å². The van der Waals surface area contributed by atoms with Crippen LogP contribution in [0.3, 0.4) is 0 Å². The Labute approximate surface area is 125 Å². The van der Waals surface area contributed by atoms with Crippen LogP contribution in [0.4, 0.5) is 11.4 Å². The number of hydrogen-bond acceptors (Lipinski definition) is 3. The van der Waals surface area contributed by atoms with Crippen LogP contribution in [0.1, 0.15) is 5.56 Å². The number of nitro benzene ring substituents is 1. The first-order valence-electron chi connectivity index (χ1n) is 6.72. The van der Waals surface area contributed by atoms with Gasteiger partial charge in [-0.15, -0.1) is 0 Å². The maximum Gasteiger partial charge on any atom is 0.271 e. The van der Waals surface area contributed by atoms with Crippen molar-refractivity contribution in [2.45, 2.75) is 6.42 Å². The van der Waals surface area contributed by atoms with E-state index in [1.807, 2.05) is 30.5 Å². The minimum absolute atomic E-state index is 0.0504. The first-order chi connectivity index (χ1) is 10.6. The average Bonchev–Trinajstić information content (AvgIpc) is 2.95. The van der Waals surface area contributed by atoms with Gasteiger partial charge in [-0.3, -0.25) is 14.9 Å². The van der Waals surface area contributed by atoms with Gasteiger partial charge in [-0.2, -0.15) is 0 Å². The smallest absolute Gasteiger partial charge is 0.271 e. The number of fused-ring (bicyclic) bond motifs is 1. The third-order valence-electron chi connectivity index (χ3n) is 3.32. The molecule has 1 amide bonds. The first kappa shape index (κ1) is 13.8. The van der Waals surface area contributed by atoms with Crippen molar-refractivity contribution in [3.8, 4) is 0 Å². The van der Waals surface area contributed by atoms with Crippen LogP contribution in [-0.4, -0.2) is 15.8 Å². The first-order valence-corrected chi connectivity index (χ1v) is 6.72. The minimum Gasteiger partial charge on any atom is -0.361 e. The van der Waals surface area contributed by atoms with Crippen molar-refractivity contribution in [2.75, 3.05) is 5.32 Å². The van der Waals surface area contributed by atoms with E-state index in [-0.39, 0.29) is 18.0 Å². The third-order valence-corrected chi connectivity index (χ3v) is 3.32. The number of amides is 1. The second kappa shape index (κ2) is 5.69. The zero-order valence-electron chi connectivity index (χ0n) is 11.6. The van der Waals surface area contributed by atoms with Gasteiger partial charge in [0.1, 0.15) is 0 Å². The molecule has 2 aromatic carbocycles. The second-order valence-electron chi connectivity index (χ2n) is 4.93. The Bertz CT molecular complexity index is 854. The molecule has 3 rings (SSSR count). The molecule has 6 heteroatoms. The minimum atomic E-state index is -0.491. The molecule has 0 radical (unpaired) electrons. The molecule has 0 fully saturated rings. The van der Waals surface area contributed by atoms with E-state index >= 15 is 0 Å². The van der Waals surface area contributed by atoms with Crippen LogP contribution in [0.2, 0.25) is 0 Å². The molecular weight excluding hydrogens is 282 g/mol. The molecule has 0 aliphatic heterocycles. The summed E-state index contributed by atoms with van der Waals surface area (Å²) in [5.41, 5.74) is 2.21. The van der Waals surface area contributed by atoms with E-state index in [0.29, 0.717) is 5.69 Å². The summed E-state index contributed by atoms with van der Waals surface area (Å²) in [6.07, 6.45) is 2.05. The van der Waals surface area contributed by atoms with E-state index in [1.54, 1.807) is 12.1 Å². The zero-order chi connectivity index (χ0) is 15.5. The Morgan fingerprint density at radius 3 is 2.86 bits per heavy atom. The number of nitrogens with one attached hydrogen (secondary N) is 2. The predicted molar refractivity (Wildman–Crippen MR) is 83.7 cm³/mol. The lowest BCUT2D eigenvalue weighted by Crippen LogP contribution is -2.14. The molecule has 0 aliphatic rings. The molecule has 2 N–H and O–H groups in total. The van der Waals surface area contributed by atoms with Gasteiger partial charge in [0.25, 0.3) is 5.69 Å². The van der Waals surface area contributed by atoms with E-state index in [2.05, 4.69) is 10.3 Å². The van der Waals surface area contributed by atoms with E-state index in [1.165, 1.54) is 12.1 Å². The van der Waals surface area contributed by atoms with Crippen LogP contribution >= 0.6 is 0 Å². The van der Waals surface area contributed by atoms with Gasteiger partial charge in [-0.1, -0.05) is 18.2 Å². The van der Waals surface area contributed by atoms with Crippen molar-refractivity contribution in [3.05, 3.63) is 70.4 Å². The van der Waals surface area contributed by atoms with Crippen molar-refractivity contribution in [1.82, 2.24) is 4.98 Å². The Kier molecular flexibility index (Phi) is 3.57. The van der Waals surface area contributed by atoms with Crippen LogP contribution < -0.4 is 5.32 Å². The quantitative estimate of drug-likeness (QED) is 0.572. The monoisotopic (exact) mass is 295 g/mol. The molecule has 1 heterocycles. The summed E-state index contributed by atoms with van der Waals surface area (Å²) in [6.45, 7) is 0. The number of nitro groups is 1. The van der Waals surface area contributed by atoms with Crippen molar-refractivity contribution in [3.63, 3.8) is 0 Å². The molecule has 0 saturated heterocycles. The standard InChI is InChI=1S/C16H13N3O3/c20-16(18-13-2-1-3-14(10-13)19(21)22)9-11-4-5-12-6-7-17-15(12)8-11/h1-8,10,17H,9H2,(H,18,20). The number of anilines is 1. The van der Waals surface area contributed by atoms with Gasteiger partial charge < -0.3 is 10.3 Å². The molecule has 0 saturated carbocycles. The molecule has 0 atom stereocenters. The largest absolute Gasteiger partial charge is 0.361 e. The highest BCUT2D eigenvalue weighted by Gasteiger charge is 2.09. The van der Waals surface area contributed by atoms with Gasteiger partial charge >= 0.3 is 0 Å². The van der Waals surface area contributed by atoms with Gasteiger partial charge in [0, 0.05) is 29.5 Å². The number of carbonyl (C=O) groups excluding carboxylic acids is 1. The second-order valence-corrected chi connectivity index (χ2v) is 4.93. The van der Waals surface area contributed by atoms with Crippen LogP contribution in [0, 0.1) is 10.1 Å². The molecule has 0 bridgehead atoms. The van der Waals surface area contributed by atoms with E-state index in [9.17, 15) is 14.9 Å². The summed E-state index contributed by atoms with van der Waals surface area (Å²) >= 11 is 0. The van der Waals surface area contributed by atoms with Crippen molar-refractivity contribution >= 4 is 28.2 Å². The topological polar surface area (TPSA) is 88.0 Å². The summed E-state index contributed by atoms with van der Waals surface area (Å²) in [4.78, 5) is 25.4. The summed E-state index contributed by atoms with van der Waals surface area (Å²) < 4.78 is 0. The number of rotatable bonds is 4. The fraction of sp³-hybridized carbons (Fsp3) is 0.0625. The highest BCUT2D eigenvalue weighted by molar-refractivity contribution is 5.93. The zero-order valence-corrected chi connectivity index (χ0v) is 11.6. The van der Waals surface area contributed by atoms with E-state index in [0.717, 1.165) is 16.5 Å². The number of non-ortho nitro benzene ring substituents is 1. The molecule has 3 aromatic rings. The lowest BCUT2D eigenvalue weighted by atomic mass is 10.1. The summed E-state index contributed by atoms with van der Waals surface area (Å²) in [5, 5.41) is 14.5. The van der Waals surface area contributed by atoms with E-state index in [4.69, 9.17) is 0 Å². The van der Waals surface area contributed by atoms with Crippen molar-refractivity contribution in [1.29, 1.82) is 0 Å². The van der Waals surface area contributed by atoms with Crippen molar-refractivity contribution in [2.24, 2.45) is 0 Å². The summed E-state index contributed by atoms with van der Waals surface area (Å²) in [6, 6.07) is 13.6. The summed E-state index contributed by atoms with van der Waals surface area (Å²) in [5.74, 6) is -0.216. The lowest BCUT2D eigenvalue weighted by molar-refractivity contribution is -0.384. The Morgan fingerprint density at radius 2 is 2.05 bits per heavy atom. The number of aromatic nitrogens is 1. The van der Waals surface area contributed by atoms with Gasteiger partial charge in [0.2, 0.25) is 5.91 Å². The van der Waals surface area contributed by atoms with Crippen molar-refractivity contribution < 1.29 is 9.72 Å². The number of aromatic amines is 1. The normalized spacial score (nSPS) is 10.5. The van der Waals surface area contributed by atoms with Gasteiger partial charge in [0.15, 0.2) is 0 Å². The molecule has 0 unspecified atom stereocenters. The molecule has 6 nitrogen and oxygen atoms in total. The average molecular weight is 295 g/mol. The number of nitrogens with zero attached hydrogens (tertiary/aromatic N) is 1. The van der Waals surface area contributed by atoms with Gasteiger partial charge in [0.05, 0.1) is 11.3 Å². The van der Waals surface area contributed by atoms with Crippen LogP contribution in [0.5, 0.6) is 0 Å². The highest BCUT2D eigenvalue weighted by Crippen LogP contribution is 2.18. The van der Waals surface area contributed by atoms with Crippen LogP contribution in [0.25, 0.3) is 10.9 Å². The van der Waals surface area contributed by atoms with Crippen LogP contribution in [0.15, 0.2) is 54.7 Å². The molecule has 0 spiro atoms. The number of H-pyrrole nitrogens is 1. The predicted octanol–water partition coefficient (Wildman–Crippen LogP) is 3.26. The van der Waals surface area contributed by atoms with E-state index < -0.39 is 4.92 Å². The molecular formula is C16H13N3O3. The molecule has 110 valence electrons. The Morgan fingerprint density at radius 1 is 1.18 bits per heavy atom. The Balaban J connectivity index is 1.71. The fourth-order valence-corrected chi connectivity index (χ4v) is 2.29. The number of benzene rings is 2. The SMILES string of the molecule is O=C(Cc1ccc2cc[nH]c2c1)Nc1cccc([N+](=O)[O-])c1. The number of hydrogen-bond donors (Lipinski definition) is 2. The lowest BCUT2D eigenvalue weighted by Gasteiger charge is -2.05. The van der Waals surface area contributed by atoms with Gasteiger partial charge in [-0.05, 0) is 29.1 Å². The molecule has 22 heavy (non-hydrogen) atoms. The fourth-order valence-electron chi connectivity index (χ4n) is 2.29.